The Morgan fingerprint density at radius 1 is 1.04 bits per heavy atom. The second kappa shape index (κ2) is 9.45. The number of hydrogen-bond donors (Lipinski definition) is 1. The molecule has 0 heterocycles. The Hall–Kier alpha value is -2.69. The Morgan fingerprint density at radius 3 is 2.46 bits per heavy atom. The Balaban J connectivity index is 1.90. The van der Waals surface area contributed by atoms with Crippen molar-refractivity contribution in [2.75, 3.05) is 20.3 Å². The van der Waals surface area contributed by atoms with Crippen molar-refractivity contribution in [2.24, 2.45) is 5.16 Å². The van der Waals surface area contributed by atoms with Crippen molar-refractivity contribution < 1.29 is 19.4 Å². The van der Waals surface area contributed by atoms with E-state index >= 15 is 0 Å². The molecule has 0 aliphatic rings. The summed E-state index contributed by atoms with van der Waals surface area (Å²) in [6, 6.07) is 13.5. The van der Waals surface area contributed by atoms with Gasteiger partial charge in [-0.2, -0.15) is 0 Å². The molecule has 2 rings (SSSR count). The fourth-order valence-electron chi connectivity index (χ4n) is 2.36. The summed E-state index contributed by atoms with van der Waals surface area (Å²) in [5.74, 6) is 1.92. The standard InChI is InChI=1S/C19H23NO4/c1-3-5-15-8-10-17(11-9-15)23-12-13-24-19-16(14-20-21)6-4-7-18(19)22-2/h4,6-11,14,21H,3,5,12-13H2,1-2H3. The Bertz CT molecular complexity index is 653. The third-order valence-corrected chi connectivity index (χ3v) is 3.49. The normalized spacial score (nSPS) is 10.8. The molecule has 0 saturated heterocycles. The molecule has 0 fully saturated rings. The van der Waals surface area contributed by atoms with Gasteiger partial charge in [-0.25, -0.2) is 0 Å². The molecule has 2 aromatic rings. The maximum Gasteiger partial charge on any atom is 0.170 e. The fraction of sp³-hybridized carbons (Fsp3) is 0.316. The molecule has 0 amide bonds. The quantitative estimate of drug-likeness (QED) is 0.328. The summed E-state index contributed by atoms with van der Waals surface area (Å²) in [5.41, 5.74) is 1.95. The Morgan fingerprint density at radius 2 is 1.79 bits per heavy atom. The number of ether oxygens (including phenoxy) is 3. The van der Waals surface area contributed by atoms with Gasteiger partial charge in [0, 0.05) is 5.56 Å². The molecule has 0 saturated carbocycles. The predicted molar refractivity (Wildman–Crippen MR) is 93.8 cm³/mol. The number of para-hydroxylation sites is 1. The number of benzene rings is 2. The molecule has 0 aliphatic carbocycles. The molecular weight excluding hydrogens is 306 g/mol. The molecule has 0 aromatic heterocycles. The number of aryl methyl sites for hydroxylation is 1. The van der Waals surface area contributed by atoms with Crippen molar-refractivity contribution in [2.45, 2.75) is 19.8 Å². The summed E-state index contributed by atoms with van der Waals surface area (Å²) in [6.07, 6.45) is 3.52. The summed E-state index contributed by atoms with van der Waals surface area (Å²) in [4.78, 5) is 0. The van der Waals surface area contributed by atoms with Gasteiger partial charge in [0.25, 0.3) is 0 Å². The van der Waals surface area contributed by atoms with Crippen molar-refractivity contribution in [3.05, 3.63) is 53.6 Å². The number of rotatable bonds is 9. The van der Waals surface area contributed by atoms with Crippen molar-refractivity contribution >= 4 is 6.21 Å². The Labute approximate surface area is 142 Å². The van der Waals surface area contributed by atoms with E-state index in [0.717, 1.165) is 18.6 Å². The second-order valence-corrected chi connectivity index (χ2v) is 5.21. The van der Waals surface area contributed by atoms with Crippen LogP contribution in [0.15, 0.2) is 47.6 Å². The first-order valence-electron chi connectivity index (χ1n) is 7.97. The highest BCUT2D eigenvalue weighted by molar-refractivity contribution is 5.84. The third kappa shape index (κ3) is 4.91. The van der Waals surface area contributed by atoms with Gasteiger partial charge in [0.1, 0.15) is 19.0 Å². The zero-order chi connectivity index (χ0) is 17.2. The van der Waals surface area contributed by atoms with Crippen LogP contribution in [0.5, 0.6) is 17.2 Å². The van der Waals surface area contributed by atoms with Crippen LogP contribution in [0, 0.1) is 0 Å². The number of hydrogen-bond acceptors (Lipinski definition) is 5. The molecule has 2 aromatic carbocycles. The van der Waals surface area contributed by atoms with E-state index in [1.807, 2.05) is 12.1 Å². The molecule has 24 heavy (non-hydrogen) atoms. The molecule has 0 atom stereocenters. The summed E-state index contributed by atoms with van der Waals surface area (Å²) in [5, 5.41) is 11.8. The zero-order valence-corrected chi connectivity index (χ0v) is 14.1. The summed E-state index contributed by atoms with van der Waals surface area (Å²) < 4.78 is 16.7. The monoisotopic (exact) mass is 329 g/mol. The van der Waals surface area contributed by atoms with E-state index in [1.165, 1.54) is 11.8 Å². The third-order valence-electron chi connectivity index (χ3n) is 3.49. The highest BCUT2D eigenvalue weighted by Crippen LogP contribution is 2.30. The van der Waals surface area contributed by atoms with Crippen LogP contribution in [-0.2, 0) is 6.42 Å². The molecule has 1 N–H and O–H groups in total. The lowest BCUT2D eigenvalue weighted by Gasteiger charge is -2.13. The minimum atomic E-state index is 0.351. The van der Waals surface area contributed by atoms with Gasteiger partial charge in [-0.05, 0) is 36.2 Å². The molecular formula is C19H23NO4. The van der Waals surface area contributed by atoms with Crippen LogP contribution < -0.4 is 14.2 Å². The summed E-state index contributed by atoms with van der Waals surface area (Å²) in [6.45, 7) is 2.92. The van der Waals surface area contributed by atoms with Crippen LogP contribution in [0.3, 0.4) is 0 Å². The lowest BCUT2D eigenvalue weighted by atomic mass is 10.1. The van der Waals surface area contributed by atoms with Gasteiger partial charge in [0.2, 0.25) is 0 Å². The van der Waals surface area contributed by atoms with Crippen LogP contribution in [0.2, 0.25) is 0 Å². The molecule has 0 bridgehead atoms. The predicted octanol–water partition coefficient (Wildman–Crippen LogP) is 3.91. The summed E-state index contributed by atoms with van der Waals surface area (Å²) in [7, 11) is 1.57. The first kappa shape index (κ1) is 17.7. The van der Waals surface area contributed by atoms with E-state index in [0.29, 0.717) is 30.3 Å². The van der Waals surface area contributed by atoms with Crippen molar-refractivity contribution in [1.29, 1.82) is 0 Å². The Kier molecular flexibility index (Phi) is 6.95. The number of methoxy groups -OCH3 is 1. The van der Waals surface area contributed by atoms with Crippen LogP contribution in [0.1, 0.15) is 24.5 Å². The highest BCUT2D eigenvalue weighted by Gasteiger charge is 2.09. The van der Waals surface area contributed by atoms with E-state index in [-0.39, 0.29) is 0 Å². The first-order valence-corrected chi connectivity index (χ1v) is 7.97. The van der Waals surface area contributed by atoms with Gasteiger partial charge >= 0.3 is 0 Å². The second-order valence-electron chi connectivity index (χ2n) is 5.21. The number of oxime groups is 1. The molecule has 5 nitrogen and oxygen atoms in total. The van der Waals surface area contributed by atoms with Gasteiger partial charge in [0.05, 0.1) is 13.3 Å². The van der Waals surface area contributed by atoms with E-state index < -0.39 is 0 Å². The van der Waals surface area contributed by atoms with Gasteiger partial charge in [-0.1, -0.05) is 36.7 Å². The van der Waals surface area contributed by atoms with E-state index in [2.05, 4.69) is 24.2 Å². The largest absolute Gasteiger partial charge is 0.493 e. The van der Waals surface area contributed by atoms with Crippen molar-refractivity contribution in [1.82, 2.24) is 0 Å². The van der Waals surface area contributed by atoms with Gasteiger partial charge in [-0.15, -0.1) is 0 Å². The zero-order valence-electron chi connectivity index (χ0n) is 14.1. The molecule has 0 spiro atoms. The van der Waals surface area contributed by atoms with E-state index in [1.54, 1.807) is 25.3 Å². The van der Waals surface area contributed by atoms with E-state index in [4.69, 9.17) is 19.4 Å². The average molecular weight is 329 g/mol. The van der Waals surface area contributed by atoms with Crippen LogP contribution in [0.25, 0.3) is 0 Å². The number of nitrogens with zero attached hydrogens (tertiary/aromatic N) is 1. The minimum Gasteiger partial charge on any atom is -0.493 e. The lowest BCUT2D eigenvalue weighted by molar-refractivity contribution is 0.211. The molecule has 0 aliphatic heterocycles. The smallest absolute Gasteiger partial charge is 0.170 e. The fourth-order valence-corrected chi connectivity index (χ4v) is 2.36. The topological polar surface area (TPSA) is 60.3 Å². The van der Waals surface area contributed by atoms with Crippen LogP contribution in [-0.4, -0.2) is 31.7 Å². The SMILES string of the molecule is CCCc1ccc(OCCOc2c(C=NO)cccc2OC)cc1. The minimum absolute atomic E-state index is 0.351. The van der Waals surface area contributed by atoms with Crippen molar-refractivity contribution in [3.63, 3.8) is 0 Å². The first-order chi connectivity index (χ1) is 11.8. The van der Waals surface area contributed by atoms with Crippen LogP contribution >= 0.6 is 0 Å². The molecule has 0 radical (unpaired) electrons. The van der Waals surface area contributed by atoms with Gasteiger partial charge < -0.3 is 19.4 Å². The lowest BCUT2D eigenvalue weighted by Crippen LogP contribution is -2.10. The molecule has 0 unspecified atom stereocenters. The van der Waals surface area contributed by atoms with Crippen molar-refractivity contribution in [3.8, 4) is 17.2 Å². The maximum atomic E-state index is 8.74. The van der Waals surface area contributed by atoms with E-state index in [9.17, 15) is 0 Å². The molecule has 5 heteroatoms. The van der Waals surface area contributed by atoms with Gasteiger partial charge in [0.15, 0.2) is 11.5 Å². The average Bonchev–Trinajstić information content (AvgIpc) is 2.61. The maximum absolute atomic E-state index is 8.74. The van der Waals surface area contributed by atoms with Gasteiger partial charge in [-0.3, -0.25) is 0 Å². The molecule has 128 valence electrons. The highest BCUT2D eigenvalue weighted by atomic mass is 16.5. The summed E-state index contributed by atoms with van der Waals surface area (Å²) >= 11 is 0. The van der Waals surface area contributed by atoms with Crippen LogP contribution in [0.4, 0.5) is 0 Å².